The van der Waals surface area contributed by atoms with E-state index in [2.05, 4.69) is 32.6 Å². The summed E-state index contributed by atoms with van der Waals surface area (Å²) >= 11 is 0. The smallest absolute Gasteiger partial charge is 0.0628 e. The fourth-order valence-corrected chi connectivity index (χ4v) is 3.40. The molecule has 3 atom stereocenters. The van der Waals surface area contributed by atoms with Crippen molar-refractivity contribution in [2.24, 2.45) is 11.8 Å². The Labute approximate surface area is 107 Å². The molecule has 17 heavy (non-hydrogen) atoms. The zero-order chi connectivity index (χ0) is 12.5. The van der Waals surface area contributed by atoms with E-state index in [-0.39, 0.29) is 5.60 Å². The van der Waals surface area contributed by atoms with Gasteiger partial charge in [-0.15, -0.1) is 0 Å². The molecule has 1 aliphatic heterocycles. The molecule has 0 aromatic heterocycles. The highest BCUT2D eigenvalue weighted by Gasteiger charge is 2.38. The molecule has 2 nitrogen and oxygen atoms in total. The van der Waals surface area contributed by atoms with Gasteiger partial charge in [-0.1, -0.05) is 13.3 Å². The van der Waals surface area contributed by atoms with Crippen LogP contribution in [0.15, 0.2) is 0 Å². The molecular formula is C15H29NO. The third kappa shape index (κ3) is 3.45. The number of hydrogen-bond donors (Lipinski definition) is 0. The van der Waals surface area contributed by atoms with E-state index in [0.717, 1.165) is 18.4 Å². The Bertz CT molecular complexity index is 234. The lowest BCUT2D eigenvalue weighted by molar-refractivity contribution is -0.0336. The molecule has 1 heterocycles. The van der Waals surface area contributed by atoms with Crippen molar-refractivity contribution in [3.63, 3.8) is 0 Å². The van der Waals surface area contributed by atoms with Crippen LogP contribution in [0, 0.1) is 11.8 Å². The summed E-state index contributed by atoms with van der Waals surface area (Å²) in [5.41, 5.74) is 0.00299. The summed E-state index contributed by atoms with van der Waals surface area (Å²) in [7, 11) is 0. The number of fused-ring (bicyclic) bond motifs is 1. The van der Waals surface area contributed by atoms with Crippen molar-refractivity contribution in [2.75, 3.05) is 19.7 Å². The summed E-state index contributed by atoms with van der Waals surface area (Å²) in [4.78, 5) is 2.69. The molecule has 1 saturated carbocycles. The number of nitrogens with zero attached hydrogens (tertiary/aromatic N) is 1. The predicted octanol–water partition coefficient (Wildman–Crippen LogP) is 3.31. The molecule has 2 heteroatoms. The maximum Gasteiger partial charge on any atom is 0.0628 e. The van der Waals surface area contributed by atoms with Gasteiger partial charge in [0.2, 0.25) is 0 Å². The standard InChI is InChI=1S/C15H29NO/c1-5-14(11-17-15(2,3)4)16-9-12-7-6-8-13(12)10-16/h12-14H,5-11H2,1-4H3. The molecule has 0 aromatic rings. The Morgan fingerprint density at radius 3 is 2.24 bits per heavy atom. The minimum Gasteiger partial charge on any atom is -0.374 e. The van der Waals surface area contributed by atoms with Gasteiger partial charge in [-0.3, -0.25) is 4.90 Å². The first-order valence-corrected chi connectivity index (χ1v) is 7.37. The summed E-state index contributed by atoms with van der Waals surface area (Å²) in [5, 5.41) is 0. The van der Waals surface area contributed by atoms with E-state index in [9.17, 15) is 0 Å². The van der Waals surface area contributed by atoms with E-state index < -0.39 is 0 Å². The summed E-state index contributed by atoms with van der Waals surface area (Å²) in [6, 6.07) is 0.639. The van der Waals surface area contributed by atoms with Crippen LogP contribution in [0.4, 0.5) is 0 Å². The van der Waals surface area contributed by atoms with Crippen LogP contribution in [-0.2, 0) is 4.74 Å². The van der Waals surface area contributed by atoms with Gasteiger partial charge in [-0.25, -0.2) is 0 Å². The molecule has 0 radical (unpaired) electrons. The Hall–Kier alpha value is -0.0800. The Morgan fingerprint density at radius 1 is 1.18 bits per heavy atom. The van der Waals surface area contributed by atoms with Crippen LogP contribution >= 0.6 is 0 Å². The maximum atomic E-state index is 5.98. The average molecular weight is 239 g/mol. The zero-order valence-electron chi connectivity index (χ0n) is 12.0. The quantitative estimate of drug-likeness (QED) is 0.746. The topological polar surface area (TPSA) is 12.5 Å². The summed E-state index contributed by atoms with van der Waals surface area (Å²) < 4.78 is 5.98. The molecule has 0 bridgehead atoms. The van der Waals surface area contributed by atoms with E-state index in [1.807, 2.05) is 0 Å². The Kier molecular flexibility index (Phi) is 4.14. The van der Waals surface area contributed by atoms with Gasteiger partial charge in [0.15, 0.2) is 0 Å². The van der Waals surface area contributed by atoms with Gasteiger partial charge in [0.05, 0.1) is 12.2 Å². The lowest BCUT2D eigenvalue weighted by Crippen LogP contribution is -2.39. The van der Waals surface area contributed by atoms with Gasteiger partial charge >= 0.3 is 0 Å². The lowest BCUT2D eigenvalue weighted by Gasteiger charge is -2.30. The molecule has 100 valence electrons. The summed E-state index contributed by atoms with van der Waals surface area (Å²) in [6.07, 6.45) is 5.63. The average Bonchev–Trinajstić information content (AvgIpc) is 2.76. The molecule has 0 N–H and O–H groups in total. The monoisotopic (exact) mass is 239 g/mol. The second kappa shape index (κ2) is 5.27. The minimum absolute atomic E-state index is 0.00299. The van der Waals surface area contributed by atoms with E-state index in [0.29, 0.717) is 6.04 Å². The normalized spacial score (nSPS) is 31.8. The SMILES string of the molecule is CCC(COC(C)(C)C)N1CC2CCCC2C1. The van der Waals surface area contributed by atoms with Gasteiger partial charge < -0.3 is 4.74 Å². The highest BCUT2D eigenvalue weighted by molar-refractivity contribution is 4.91. The van der Waals surface area contributed by atoms with Crippen LogP contribution in [-0.4, -0.2) is 36.2 Å². The summed E-state index contributed by atoms with van der Waals surface area (Å²) in [5.74, 6) is 2.00. The third-order valence-corrected chi connectivity index (χ3v) is 4.45. The van der Waals surface area contributed by atoms with Crippen molar-refractivity contribution in [1.82, 2.24) is 4.90 Å². The van der Waals surface area contributed by atoms with Crippen molar-refractivity contribution in [3.8, 4) is 0 Å². The van der Waals surface area contributed by atoms with Crippen LogP contribution in [0.5, 0.6) is 0 Å². The van der Waals surface area contributed by atoms with Crippen molar-refractivity contribution in [1.29, 1.82) is 0 Å². The van der Waals surface area contributed by atoms with Crippen molar-refractivity contribution >= 4 is 0 Å². The molecule has 2 rings (SSSR count). The maximum absolute atomic E-state index is 5.98. The Balaban J connectivity index is 1.83. The number of likely N-dealkylation sites (tertiary alicyclic amines) is 1. The molecule has 0 aromatic carbocycles. The largest absolute Gasteiger partial charge is 0.374 e. The van der Waals surface area contributed by atoms with Gasteiger partial charge in [-0.05, 0) is 51.9 Å². The molecule has 0 amide bonds. The van der Waals surface area contributed by atoms with Crippen LogP contribution in [0.1, 0.15) is 53.4 Å². The molecule has 2 aliphatic rings. The Morgan fingerprint density at radius 2 is 1.76 bits per heavy atom. The van der Waals surface area contributed by atoms with Crippen molar-refractivity contribution in [3.05, 3.63) is 0 Å². The molecule has 0 spiro atoms. The highest BCUT2D eigenvalue weighted by atomic mass is 16.5. The van der Waals surface area contributed by atoms with E-state index in [1.165, 1.54) is 38.8 Å². The fraction of sp³-hybridized carbons (Fsp3) is 1.00. The number of hydrogen-bond acceptors (Lipinski definition) is 2. The molecule has 3 unspecified atom stereocenters. The first-order valence-electron chi connectivity index (χ1n) is 7.37. The van der Waals surface area contributed by atoms with E-state index in [1.54, 1.807) is 0 Å². The highest BCUT2D eigenvalue weighted by Crippen LogP contribution is 2.38. The van der Waals surface area contributed by atoms with Gasteiger partial charge in [0.1, 0.15) is 0 Å². The molecular weight excluding hydrogens is 210 g/mol. The molecule has 1 saturated heterocycles. The minimum atomic E-state index is 0.00299. The first kappa shape index (κ1) is 13.4. The van der Waals surface area contributed by atoms with Crippen molar-refractivity contribution < 1.29 is 4.74 Å². The van der Waals surface area contributed by atoms with Gasteiger partial charge in [0.25, 0.3) is 0 Å². The molecule has 1 aliphatic carbocycles. The van der Waals surface area contributed by atoms with Gasteiger partial charge in [0, 0.05) is 19.1 Å². The summed E-state index contributed by atoms with van der Waals surface area (Å²) in [6.45, 7) is 12.3. The number of rotatable bonds is 4. The second-order valence-electron chi connectivity index (χ2n) is 6.89. The van der Waals surface area contributed by atoms with E-state index >= 15 is 0 Å². The van der Waals surface area contributed by atoms with Gasteiger partial charge in [-0.2, -0.15) is 0 Å². The lowest BCUT2D eigenvalue weighted by atomic mass is 10.0. The second-order valence-corrected chi connectivity index (χ2v) is 6.89. The predicted molar refractivity (Wildman–Crippen MR) is 72.2 cm³/mol. The van der Waals surface area contributed by atoms with Crippen LogP contribution in [0.3, 0.4) is 0 Å². The van der Waals surface area contributed by atoms with Crippen LogP contribution in [0.2, 0.25) is 0 Å². The van der Waals surface area contributed by atoms with Crippen LogP contribution in [0.25, 0.3) is 0 Å². The number of ether oxygens (including phenoxy) is 1. The van der Waals surface area contributed by atoms with Crippen LogP contribution < -0.4 is 0 Å². The molecule has 2 fully saturated rings. The van der Waals surface area contributed by atoms with Crippen molar-refractivity contribution in [2.45, 2.75) is 65.0 Å². The van der Waals surface area contributed by atoms with E-state index in [4.69, 9.17) is 4.74 Å². The zero-order valence-corrected chi connectivity index (χ0v) is 12.0. The fourth-order valence-electron chi connectivity index (χ4n) is 3.40. The third-order valence-electron chi connectivity index (χ3n) is 4.45. The first-order chi connectivity index (χ1) is 7.99.